The number of aryl methyl sites for hydroxylation is 2. The largest absolute Gasteiger partial charge is 0.444 e. The number of carbonyl (C=O) groups excluding carboxylic acids is 3. The van der Waals surface area contributed by atoms with Crippen molar-refractivity contribution >= 4 is 23.6 Å². The summed E-state index contributed by atoms with van der Waals surface area (Å²) in [6.45, 7) is 15.1. The molecule has 7 nitrogen and oxygen atoms in total. The molecule has 0 spiro atoms. The maximum absolute atomic E-state index is 14.2. The van der Waals surface area contributed by atoms with Gasteiger partial charge in [0.05, 0.1) is 0 Å². The molecule has 1 aliphatic carbocycles. The minimum absolute atomic E-state index is 0.108. The molecule has 2 aromatic rings. The van der Waals surface area contributed by atoms with Gasteiger partial charge >= 0.3 is 6.09 Å². The molecule has 1 aliphatic rings. The standard InChI is InChI=1S/C30H41N3O4/c1-18(2)25(32-29(36)37-30(6,7)8)28(35)33(24-17-21(24)5)26(22-15-13-19(3)14-16-22)27(34)31-23-12-10-9-11-20(23)4/h9-16,18,21,24-26H,17H2,1-8H3,(H,31,34)(H,32,36). The SMILES string of the molecule is Cc1ccc(C(C(=O)Nc2ccccc2C)N(C(=O)C(NC(=O)OC(C)(C)C)C(C)C)C2CC2C)cc1. The molecule has 4 atom stereocenters. The Morgan fingerprint density at radius 3 is 2.11 bits per heavy atom. The molecule has 0 aliphatic heterocycles. The number of rotatable bonds is 8. The van der Waals surface area contributed by atoms with Crippen molar-refractivity contribution in [1.82, 2.24) is 10.2 Å². The van der Waals surface area contributed by atoms with Crippen molar-refractivity contribution in [3.63, 3.8) is 0 Å². The summed E-state index contributed by atoms with van der Waals surface area (Å²) in [7, 11) is 0. The molecule has 0 radical (unpaired) electrons. The van der Waals surface area contributed by atoms with Crippen LogP contribution in [0.3, 0.4) is 0 Å². The smallest absolute Gasteiger partial charge is 0.408 e. The van der Waals surface area contributed by atoms with Crippen molar-refractivity contribution in [1.29, 1.82) is 0 Å². The number of anilines is 1. The van der Waals surface area contributed by atoms with Crippen LogP contribution < -0.4 is 10.6 Å². The zero-order valence-corrected chi connectivity index (χ0v) is 23.3. The van der Waals surface area contributed by atoms with Crippen LogP contribution in [0, 0.1) is 25.7 Å². The van der Waals surface area contributed by atoms with E-state index in [1.807, 2.05) is 76.2 Å². The lowest BCUT2D eigenvalue weighted by Gasteiger charge is -2.36. The molecule has 0 bridgehead atoms. The Kier molecular flexibility index (Phi) is 8.67. The monoisotopic (exact) mass is 507 g/mol. The summed E-state index contributed by atoms with van der Waals surface area (Å²) in [5, 5.41) is 5.83. The molecular formula is C30H41N3O4. The molecular weight excluding hydrogens is 466 g/mol. The van der Waals surface area contributed by atoms with E-state index in [-0.39, 0.29) is 29.7 Å². The van der Waals surface area contributed by atoms with Crippen LogP contribution in [0.5, 0.6) is 0 Å². The number of carbonyl (C=O) groups is 3. The summed E-state index contributed by atoms with van der Waals surface area (Å²) in [6.07, 6.45) is 0.141. The predicted octanol–water partition coefficient (Wildman–Crippen LogP) is 5.77. The Labute approximate surface area is 221 Å². The van der Waals surface area contributed by atoms with Gasteiger partial charge in [-0.3, -0.25) is 9.59 Å². The highest BCUT2D eigenvalue weighted by Crippen LogP contribution is 2.41. The lowest BCUT2D eigenvalue weighted by molar-refractivity contribution is -0.142. The summed E-state index contributed by atoms with van der Waals surface area (Å²) >= 11 is 0. The first-order valence-corrected chi connectivity index (χ1v) is 13.0. The van der Waals surface area contributed by atoms with E-state index in [0.717, 1.165) is 23.1 Å². The van der Waals surface area contributed by atoms with Gasteiger partial charge in [0.15, 0.2) is 0 Å². The van der Waals surface area contributed by atoms with Gasteiger partial charge in [0.1, 0.15) is 17.7 Å². The fourth-order valence-corrected chi connectivity index (χ4v) is 4.38. The molecule has 3 rings (SSSR count). The number of nitrogens with zero attached hydrogens (tertiary/aromatic N) is 1. The number of hydrogen-bond donors (Lipinski definition) is 2. The first-order valence-electron chi connectivity index (χ1n) is 13.0. The van der Waals surface area contributed by atoms with E-state index in [1.54, 1.807) is 25.7 Å². The quantitative estimate of drug-likeness (QED) is 0.475. The minimum atomic E-state index is -0.857. The van der Waals surface area contributed by atoms with Crippen LogP contribution in [-0.4, -0.2) is 40.5 Å². The van der Waals surface area contributed by atoms with Crippen LogP contribution >= 0.6 is 0 Å². The van der Waals surface area contributed by atoms with Gasteiger partial charge in [0, 0.05) is 11.7 Å². The molecule has 37 heavy (non-hydrogen) atoms. The lowest BCUT2D eigenvalue weighted by Crippen LogP contribution is -2.55. The van der Waals surface area contributed by atoms with Crippen molar-refractivity contribution < 1.29 is 19.1 Å². The maximum atomic E-state index is 14.2. The van der Waals surface area contributed by atoms with Crippen LogP contribution in [0.15, 0.2) is 48.5 Å². The van der Waals surface area contributed by atoms with Gasteiger partial charge in [-0.25, -0.2) is 4.79 Å². The Bertz CT molecular complexity index is 1120. The molecule has 2 aromatic carbocycles. The highest BCUT2D eigenvalue weighted by atomic mass is 16.6. The van der Waals surface area contributed by atoms with Gasteiger partial charge < -0.3 is 20.3 Å². The van der Waals surface area contributed by atoms with E-state index >= 15 is 0 Å². The highest BCUT2D eigenvalue weighted by Gasteiger charge is 2.48. The lowest BCUT2D eigenvalue weighted by atomic mass is 9.97. The second kappa shape index (κ2) is 11.4. The van der Waals surface area contributed by atoms with E-state index in [9.17, 15) is 14.4 Å². The predicted molar refractivity (Wildman–Crippen MR) is 146 cm³/mol. The van der Waals surface area contributed by atoms with Crippen LogP contribution in [-0.2, 0) is 14.3 Å². The molecule has 3 amide bonds. The molecule has 0 aromatic heterocycles. The summed E-state index contributed by atoms with van der Waals surface area (Å²) in [4.78, 5) is 42.5. The fourth-order valence-electron chi connectivity index (χ4n) is 4.38. The third-order valence-electron chi connectivity index (χ3n) is 6.61. The first kappa shape index (κ1) is 28.2. The Morgan fingerprint density at radius 2 is 1.59 bits per heavy atom. The van der Waals surface area contributed by atoms with Crippen LogP contribution in [0.2, 0.25) is 0 Å². The molecule has 1 fully saturated rings. The number of ether oxygens (including phenoxy) is 1. The third kappa shape index (κ3) is 7.34. The van der Waals surface area contributed by atoms with Gasteiger partial charge in [0.25, 0.3) is 5.91 Å². The number of benzene rings is 2. The van der Waals surface area contributed by atoms with E-state index in [4.69, 9.17) is 4.74 Å². The van der Waals surface area contributed by atoms with Gasteiger partial charge in [-0.15, -0.1) is 0 Å². The van der Waals surface area contributed by atoms with E-state index in [0.29, 0.717) is 5.69 Å². The zero-order valence-electron chi connectivity index (χ0n) is 23.3. The Morgan fingerprint density at radius 1 is 1.00 bits per heavy atom. The third-order valence-corrected chi connectivity index (χ3v) is 6.61. The average molecular weight is 508 g/mol. The van der Waals surface area contributed by atoms with Gasteiger partial charge in [-0.05, 0) is 70.1 Å². The van der Waals surface area contributed by atoms with Crippen molar-refractivity contribution in [2.75, 3.05) is 5.32 Å². The Hall–Kier alpha value is -3.35. The van der Waals surface area contributed by atoms with Crippen molar-refractivity contribution in [2.45, 2.75) is 85.5 Å². The molecule has 4 unspecified atom stereocenters. The molecule has 7 heteroatoms. The van der Waals surface area contributed by atoms with Crippen LogP contribution in [0.25, 0.3) is 0 Å². The van der Waals surface area contributed by atoms with Gasteiger partial charge in [0.2, 0.25) is 5.91 Å². The van der Waals surface area contributed by atoms with Crippen LogP contribution in [0.4, 0.5) is 10.5 Å². The highest BCUT2D eigenvalue weighted by molar-refractivity contribution is 5.99. The number of para-hydroxylation sites is 1. The Balaban J connectivity index is 2.01. The molecule has 2 N–H and O–H groups in total. The number of nitrogens with one attached hydrogen (secondary N) is 2. The normalized spacial score (nSPS) is 18.5. The second-order valence-electron chi connectivity index (χ2n) is 11.5. The summed E-state index contributed by atoms with van der Waals surface area (Å²) in [5.74, 6) is -0.543. The van der Waals surface area contributed by atoms with Crippen molar-refractivity contribution in [2.24, 2.45) is 11.8 Å². The maximum Gasteiger partial charge on any atom is 0.408 e. The van der Waals surface area contributed by atoms with E-state index in [2.05, 4.69) is 17.6 Å². The second-order valence-corrected chi connectivity index (χ2v) is 11.5. The zero-order chi connectivity index (χ0) is 27.5. The summed E-state index contributed by atoms with van der Waals surface area (Å²) in [5.41, 5.74) is 2.73. The number of alkyl carbamates (subject to hydrolysis) is 1. The average Bonchev–Trinajstić information content (AvgIpc) is 3.52. The fraction of sp³-hybridized carbons (Fsp3) is 0.500. The minimum Gasteiger partial charge on any atom is -0.444 e. The van der Waals surface area contributed by atoms with E-state index in [1.165, 1.54) is 0 Å². The van der Waals surface area contributed by atoms with Gasteiger partial charge in [-0.2, -0.15) is 0 Å². The topological polar surface area (TPSA) is 87.7 Å². The number of hydrogen-bond acceptors (Lipinski definition) is 4. The van der Waals surface area contributed by atoms with Crippen molar-refractivity contribution in [3.8, 4) is 0 Å². The van der Waals surface area contributed by atoms with Gasteiger partial charge in [-0.1, -0.05) is 68.8 Å². The summed E-state index contributed by atoms with van der Waals surface area (Å²) < 4.78 is 5.44. The molecule has 1 saturated carbocycles. The van der Waals surface area contributed by atoms with Crippen LogP contribution in [0.1, 0.15) is 70.7 Å². The molecule has 0 heterocycles. The van der Waals surface area contributed by atoms with E-state index < -0.39 is 23.8 Å². The number of amides is 3. The molecule has 0 saturated heterocycles. The molecule has 200 valence electrons. The van der Waals surface area contributed by atoms with Crippen molar-refractivity contribution in [3.05, 3.63) is 65.2 Å². The summed E-state index contributed by atoms with van der Waals surface area (Å²) in [6, 6.07) is 13.5. The first-order chi connectivity index (χ1) is 17.3.